The summed E-state index contributed by atoms with van der Waals surface area (Å²) in [5.74, 6) is -1.22. The van der Waals surface area contributed by atoms with Crippen molar-refractivity contribution in [2.24, 2.45) is 16.7 Å². The van der Waals surface area contributed by atoms with Gasteiger partial charge in [0.2, 0.25) is 0 Å². The minimum atomic E-state index is -1.00. The molecule has 4 atom stereocenters. The molecular weight excluding hydrogens is 244 g/mol. The van der Waals surface area contributed by atoms with Gasteiger partial charge >= 0.3 is 5.97 Å². The molecule has 2 aliphatic carbocycles. The number of carbonyl (C=O) groups is 2. The van der Waals surface area contributed by atoms with E-state index in [1.807, 2.05) is 0 Å². The average molecular weight is 266 g/mol. The molecule has 106 valence electrons. The molecule has 2 fully saturated rings. The predicted octanol–water partition coefficient (Wildman–Crippen LogP) is 2.16. The molecule has 0 aromatic rings. The average Bonchev–Trinajstić information content (AvgIpc) is 2.61. The van der Waals surface area contributed by atoms with Gasteiger partial charge in [-0.25, -0.2) is 4.79 Å². The van der Waals surface area contributed by atoms with E-state index < -0.39 is 17.5 Å². The number of carbonyl (C=O) groups excluding carboxylic acids is 1. The normalized spacial score (nSPS) is 41.6. The Bertz CT molecular complexity index is 441. The zero-order valence-electron chi connectivity index (χ0n) is 11.6. The number of aliphatic hydroxyl groups is 1. The van der Waals surface area contributed by atoms with Gasteiger partial charge in [0.15, 0.2) is 0 Å². The van der Waals surface area contributed by atoms with Gasteiger partial charge in [-0.1, -0.05) is 13.5 Å². The zero-order valence-corrected chi connectivity index (χ0v) is 11.6. The highest BCUT2D eigenvalue weighted by Crippen LogP contribution is 2.63. The summed E-state index contributed by atoms with van der Waals surface area (Å²) in [6.45, 7) is 7.22. The lowest BCUT2D eigenvalue weighted by molar-refractivity contribution is -0.148. The highest BCUT2D eigenvalue weighted by molar-refractivity contribution is 5.88. The number of carboxylic acids is 1. The summed E-state index contributed by atoms with van der Waals surface area (Å²) in [7, 11) is 0. The van der Waals surface area contributed by atoms with Crippen LogP contribution in [0.15, 0.2) is 12.2 Å². The van der Waals surface area contributed by atoms with Gasteiger partial charge in [-0.05, 0) is 50.4 Å². The van der Waals surface area contributed by atoms with Crippen LogP contribution < -0.4 is 0 Å². The number of Topliss-reactive ketones (excluding diaryl/α,β-unsaturated/α-hetero) is 1. The van der Waals surface area contributed by atoms with Gasteiger partial charge in [0.05, 0.1) is 11.5 Å². The molecule has 2 N–H and O–H groups in total. The molecule has 4 nitrogen and oxygen atoms in total. The van der Waals surface area contributed by atoms with Gasteiger partial charge in [0.1, 0.15) is 5.78 Å². The predicted molar refractivity (Wildman–Crippen MR) is 70.6 cm³/mol. The fraction of sp³-hybridized carbons (Fsp3) is 0.733. The second-order valence-electron chi connectivity index (χ2n) is 6.41. The van der Waals surface area contributed by atoms with Crippen LogP contribution in [-0.2, 0) is 9.59 Å². The highest BCUT2D eigenvalue weighted by Gasteiger charge is 2.62. The number of hydrogen-bond acceptors (Lipinski definition) is 3. The SMILES string of the molecule is C=C(C(=O)O)[C@@H]1CC[C@]2(C)CC[C@H](O)[C@]2(C(C)=O)C1. The maximum absolute atomic E-state index is 12.2. The third kappa shape index (κ3) is 1.84. The topological polar surface area (TPSA) is 74.6 Å². The molecule has 2 saturated carbocycles. The molecule has 4 heteroatoms. The molecule has 0 aromatic carbocycles. The van der Waals surface area contributed by atoms with Crippen LogP contribution in [0.2, 0.25) is 0 Å². The van der Waals surface area contributed by atoms with Crippen LogP contribution in [0, 0.1) is 16.7 Å². The van der Waals surface area contributed by atoms with Gasteiger partial charge in [0.25, 0.3) is 0 Å². The molecule has 0 radical (unpaired) electrons. The van der Waals surface area contributed by atoms with E-state index in [-0.39, 0.29) is 22.7 Å². The van der Waals surface area contributed by atoms with Crippen molar-refractivity contribution in [3.8, 4) is 0 Å². The number of fused-ring (bicyclic) bond motifs is 1. The second-order valence-corrected chi connectivity index (χ2v) is 6.41. The Balaban J connectivity index is 2.37. The first kappa shape index (κ1) is 14.3. The summed E-state index contributed by atoms with van der Waals surface area (Å²) in [4.78, 5) is 23.3. The van der Waals surface area contributed by atoms with Crippen molar-refractivity contribution in [2.45, 2.75) is 52.1 Å². The number of aliphatic hydroxyl groups excluding tert-OH is 1. The summed E-state index contributed by atoms with van der Waals surface area (Å²) in [6, 6.07) is 0. The summed E-state index contributed by atoms with van der Waals surface area (Å²) in [6.07, 6.45) is 2.75. The van der Waals surface area contributed by atoms with Crippen LogP contribution in [0.1, 0.15) is 46.0 Å². The maximum atomic E-state index is 12.2. The molecule has 0 bridgehead atoms. The summed E-state index contributed by atoms with van der Waals surface area (Å²) >= 11 is 0. The largest absolute Gasteiger partial charge is 0.478 e. The Kier molecular flexibility index (Phi) is 3.33. The van der Waals surface area contributed by atoms with Crippen molar-refractivity contribution in [1.82, 2.24) is 0 Å². The van der Waals surface area contributed by atoms with Crippen LogP contribution in [0.4, 0.5) is 0 Å². The van der Waals surface area contributed by atoms with E-state index >= 15 is 0 Å². The second kappa shape index (κ2) is 4.44. The molecule has 2 rings (SSSR count). The van der Waals surface area contributed by atoms with Gasteiger partial charge in [-0.15, -0.1) is 0 Å². The fourth-order valence-corrected chi connectivity index (χ4v) is 4.32. The van der Waals surface area contributed by atoms with Crippen LogP contribution in [0.3, 0.4) is 0 Å². The number of ketones is 1. The van der Waals surface area contributed by atoms with Gasteiger partial charge in [-0.2, -0.15) is 0 Å². The molecule has 19 heavy (non-hydrogen) atoms. The third-order valence-electron chi connectivity index (χ3n) is 5.62. The summed E-state index contributed by atoms with van der Waals surface area (Å²) in [5, 5.41) is 19.4. The van der Waals surface area contributed by atoms with E-state index in [0.717, 1.165) is 19.3 Å². The molecule has 0 heterocycles. The van der Waals surface area contributed by atoms with Crippen LogP contribution in [0.25, 0.3) is 0 Å². The molecule has 0 aliphatic heterocycles. The Morgan fingerprint density at radius 3 is 2.37 bits per heavy atom. The highest BCUT2D eigenvalue weighted by atomic mass is 16.4. The first-order valence-electron chi connectivity index (χ1n) is 6.86. The van der Waals surface area contributed by atoms with E-state index in [2.05, 4.69) is 13.5 Å². The van der Waals surface area contributed by atoms with E-state index in [1.165, 1.54) is 6.92 Å². The van der Waals surface area contributed by atoms with Gasteiger partial charge < -0.3 is 10.2 Å². The van der Waals surface area contributed by atoms with E-state index in [0.29, 0.717) is 12.8 Å². The molecule has 0 aromatic heterocycles. The van der Waals surface area contributed by atoms with Crippen molar-refractivity contribution in [2.75, 3.05) is 0 Å². The van der Waals surface area contributed by atoms with E-state index in [4.69, 9.17) is 5.11 Å². The number of aliphatic carboxylic acids is 1. The first-order valence-corrected chi connectivity index (χ1v) is 6.86. The molecule has 0 spiro atoms. The van der Waals surface area contributed by atoms with Crippen molar-refractivity contribution < 1.29 is 19.8 Å². The van der Waals surface area contributed by atoms with Crippen LogP contribution in [0.5, 0.6) is 0 Å². The fourth-order valence-electron chi connectivity index (χ4n) is 4.32. The smallest absolute Gasteiger partial charge is 0.331 e. The lowest BCUT2D eigenvalue weighted by Gasteiger charge is -2.50. The van der Waals surface area contributed by atoms with Crippen molar-refractivity contribution in [3.63, 3.8) is 0 Å². The lowest BCUT2D eigenvalue weighted by Crippen LogP contribution is -2.52. The molecular formula is C15H22O4. The van der Waals surface area contributed by atoms with Gasteiger partial charge in [0, 0.05) is 5.57 Å². The van der Waals surface area contributed by atoms with Crippen LogP contribution >= 0.6 is 0 Å². The number of rotatable bonds is 3. The third-order valence-corrected chi connectivity index (χ3v) is 5.62. The van der Waals surface area contributed by atoms with E-state index in [1.54, 1.807) is 0 Å². The molecule has 0 unspecified atom stereocenters. The summed E-state index contributed by atoms with van der Waals surface area (Å²) in [5.41, 5.74) is -0.816. The first-order chi connectivity index (χ1) is 8.74. The minimum absolute atomic E-state index is 0.0112. The standard InChI is InChI=1S/C15H22O4/c1-9(13(18)19)11-4-6-14(3)7-5-12(17)15(14,8-11)10(2)16/h11-12,17H,1,4-8H2,2-3H3,(H,18,19)/t11-,12+,14-,15-/m1/s1. The number of carboxylic acid groups (broad SMARTS) is 1. The molecule has 2 aliphatic rings. The lowest BCUT2D eigenvalue weighted by atomic mass is 9.53. The molecule has 0 saturated heterocycles. The van der Waals surface area contributed by atoms with Crippen molar-refractivity contribution >= 4 is 11.8 Å². The van der Waals surface area contributed by atoms with Crippen molar-refractivity contribution in [1.29, 1.82) is 0 Å². The Morgan fingerprint density at radius 1 is 1.26 bits per heavy atom. The van der Waals surface area contributed by atoms with Crippen LogP contribution in [-0.4, -0.2) is 28.1 Å². The Hall–Kier alpha value is -1.16. The Labute approximate surface area is 113 Å². The number of hydrogen-bond donors (Lipinski definition) is 2. The molecule has 0 amide bonds. The summed E-state index contributed by atoms with van der Waals surface area (Å²) < 4.78 is 0. The zero-order chi connectivity index (χ0) is 14.4. The van der Waals surface area contributed by atoms with E-state index in [9.17, 15) is 14.7 Å². The Morgan fingerprint density at radius 2 is 1.84 bits per heavy atom. The maximum Gasteiger partial charge on any atom is 0.331 e. The minimum Gasteiger partial charge on any atom is -0.478 e. The monoisotopic (exact) mass is 266 g/mol. The van der Waals surface area contributed by atoms with Crippen molar-refractivity contribution in [3.05, 3.63) is 12.2 Å². The van der Waals surface area contributed by atoms with Gasteiger partial charge in [-0.3, -0.25) is 4.79 Å². The quantitative estimate of drug-likeness (QED) is 0.768.